The molecule has 0 aliphatic carbocycles. The number of hydrogen-bond acceptors (Lipinski definition) is 4. The Morgan fingerprint density at radius 3 is 2.73 bits per heavy atom. The molecular formula is C11H16O3S. The summed E-state index contributed by atoms with van der Waals surface area (Å²) in [5.74, 6) is 2.40. The lowest BCUT2D eigenvalue weighted by molar-refractivity contribution is -0.139. The highest BCUT2D eigenvalue weighted by Crippen LogP contribution is 2.20. The summed E-state index contributed by atoms with van der Waals surface area (Å²) in [6.45, 7) is 3.88. The Balaban J connectivity index is 2.39. The molecule has 1 rings (SSSR count). The largest absolute Gasteiger partial charge is 0.468 e. The maximum atomic E-state index is 11.1. The van der Waals surface area contributed by atoms with Gasteiger partial charge in [0.05, 0.1) is 12.9 Å². The number of rotatable bonds is 5. The summed E-state index contributed by atoms with van der Waals surface area (Å²) in [7, 11) is 1.40. The minimum atomic E-state index is -0.192. The fourth-order valence-electron chi connectivity index (χ4n) is 1.13. The normalized spacial score (nSPS) is 12.5. The summed E-state index contributed by atoms with van der Waals surface area (Å²) in [5, 5.41) is -0.148. The summed E-state index contributed by atoms with van der Waals surface area (Å²) in [6.07, 6.45) is 0.900. The van der Waals surface area contributed by atoms with Gasteiger partial charge < -0.3 is 9.15 Å². The number of aryl methyl sites for hydroxylation is 1. The Kier molecular flexibility index (Phi) is 4.75. The van der Waals surface area contributed by atoms with Crippen molar-refractivity contribution in [1.82, 2.24) is 0 Å². The first-order valence-electron chi connectivity index (χ1n) is 4.94. The molecule has 0 bridgehead atoms. The van der Waals surface area contributed by atoms with Crippen LogP contribution < -0.4 is 0 Å². The Labute approximate surface area is 94.2 Å². The van der Waals surface area contributed by atoms with E-state index in [0.717, 1.165) is 17.9 Å². The number of ether oxygens (including phenoxy) is 1. The number of thioether (sulfide) groups is 1. The molecule has 1 aromatic rings. The van der Waals surface area contributed by atoms with Gasteiger partial charge in [-0.25, -0.2) is 0 Å². The first-order chi connectivity index (χ1) is 7.17. The highest BCUT2D eigenvalue weighted by Gasteiger charge is 2.14. The van der Waals surface area contributed by atoms with Crippen molar-refractivity contribution >= 4 is 17.7 Å². The summed E-state index contributed by atoms with van der Waals surface area (Å²) in [6, 6.07) is 3.93. The zero-order chi connectivity index (χ0) is 11.3. The third-order valence-corrected chi connectivity index (χ3v) is 3.22. The minimum Gasteiger partial charge on any atom is -0.468 e. The quantitative estimate of drug-likeness (QED) is 0.726. The van der Waals surface area contributed by atoms with Gasteiger partial charge in [-0.05, 0) is 19.1 Å². The van der Waals surface area contributed by atoms with Gasteiger partial charge in [-0.15, -0.1) is 11.8 Å². The van der Waals surface area contributed by atoms with Gasteiger partial charge in [0.25, 0.3) is 0 Å². The van der Waals surface area contributed by atoms with Crippen LogP contribution in [-0.2, 0) is 21.7 Å². The molecule has 0 fully saturated rings. The Morgan fingerprint density at radius 1 is 1.53 bits per heavy atom. The third-order valence-electron chi connectivity index (χ3n) is 2.07. The molecule has 84 valence electrons. The van der Waals surface area contributed by atoms with E-state index in [9.17, 15) is 4.79 Å². The van der Waals surface area contributed by atoms with Gasteiger partial charge in [0, 0.05) is 6.42 Å². The zero-order valence-electron chi connectivity index (χ0n) is 9.28. The van der Waals surface area contributed by atoms with Gasteiger partial charge in [-0.1, -0.05) is 6.92 Å². The van der Waals surface area contributed by atoms with E-state index in [-0.39, 0.29) is 11.2 Å². The van der Waals surface area contributed by atoms with E-state index in [1.54, 1.807) is 0 Å². The van der Waals surface area contributed by atoms with Gasteiger partial charge in [-0.3, -0.25) is 4.79 Å². The van der Waals surface area contributed by atoms with Crippen LogP contribution in [0, 0.1) is 0 Å². The maximum absolute atomic E-state index is 11.1. The van der Waals surface area contributed by atoms with Gasteiger partial charge in [0.15, 0.2) is 0 Å². The molecule has 1 aromatic heterocycles. The Hall–Kier alpha value is -0.900. The molecule has 0 aromatic carbocycles. The number of esters is 1. The van der Waals surface area contributed by atoms with Crippen LogP contribution >= 0.6 is 11.8 Å². The lowest BCUT2D eigenvalue weighted by Crippen LogP contribution is -2.14. The number of furan rings is 1. The standard InChI is InChI=1S/C11H16O3S/c1-4-9-5-6-10(14-9)7-15-8(2)11(12)13-3/h5-6,8H,4,7H2,1-3H3. The van der Waals surface area contributed by atoms with Crippen LogP contribution in [0.25, 0.3) is 0 Å². The predicted molar refractivity (Wildman–Crippen MR) is 60.9 cm³/mol. The van der Waals surface area contributed by atoms with Crippen molar-refractivity contribution in [3.63, 3.8) is 0 Å². The first kappa shape index (κ1) is 12.2. The predicted octanol–water partition coefficient (Wildman–Crippen LogP) is 2.64. The molecular weight excluding hydrogens is 212 g/mol. The van der Waals surface area contributed by atoms with Crippen molar-refractivity contribution in [2.24, 2.45) is 0 Å². The lowest BCUT2D eigenvalue weighted by Gasteiger charge is -2.06. The molecule has 0 aliphatic rings. The highest BCUT2D eigenvalue weighted by atomic mass is 32.2. The number of carbonyl (C=O) groups excluding carboxylic acids is 1. The average Bonchev–Trinajstić information content (AvgIpc) is 2.72. The van der Waals surface area contributed by atoms with E-state index in [1.165, 1.54) is 18.9 Å². The van der Waals surface area contributed by atoms with Crippen LogP contribution in [0.15, 0.2) is 16.5 Å². The van der Waals surface area contributed by atoms with E-state index in [2.05, 4.69) is 4.74 Å². The molecule has 0 saturated heterocycles. The van der Waals surface area contributed by atoms with Crippen LogP contribution in [0.3, 0.4) is 0 Å². The minimum absolute atomic E-state index is 0.148. The van der Waals surface area contributed by atoms with Crippen molar-refractivity contribution in [2.45, 2.75) is 31.3 Å². The Morgan fingerprint density at radius 2 is 2.20 bits per heavy atom. The highest BCUT2D eigenvalue weighted by molar-refractivity contribution is 7.99. The van der Waals surface area contributed by atoms with Gasteiger partial charge in [0.1, 0.15) is 16.8 Å². The average molecular weight is 228 g/mol. The molecule has 0 saturated carbocycles. The van der Waals surface area contributed by atoms with E-state index in [1.807, 2.05) is 26.0 Å². The van der Waals surface area contributed by atoms with E-state index < -0.39 is 0 Å². The molecule has 0 spiro atoms. The molecule has 0 radical (unpaired) electrons. The van der Waals surface area contributed by atoms with Crippen LogP contribution in [0.2, 0.25) is 0 Å². The van der Waals surface area contributed by atoms with Crippen molar-refractivity contribution in [3.8, 4) is 0 Å². The number of hydrogen-bond donors (Lipinski definition) is 0. The van der Waals surface area contributed by atoms with Crippen molar-refractivity contribution in [1.29, 1.82) is 0 Å². The summed E-state index contributed by atoms with van der Waals surface area (Å²) in [4.78, 5) is 11.1. The van der Waals surface area contributed by atoms with Gasteiger partial charge in [0.2, 0.25) is 0 Å². The van der Waals surface area contributed by atoms with Crippen LogP contribution in [-0.4, -0.2) is 18.3 Å². The number of carbonyl (C=O) groups is 1. The smallest absolute Gasteiger partial charge is 0.318 e. The van der Waals surface area contributed by atoms with Crippen molar-refractivity contribution < 1.29 is 13.9 Å². The van der Waals surface area contributed by atoms with Crippen molar-refractivity contribution in [3.05, 3.63) is 23.7 Å². The molecule has 1 heterocycles. The maximum Gasteiger partial charge on any atom is 0.318 e. The summed E-state index contributed by atoms with van der Waals surface area (Å²) >= 11 is 1.52. The fraction of sp³-hybridized carbons (Fsp3) is 0.545. The monoisotopic (exact) mass is 228 g/mol. The molecule has 0 amide bonds. The van der Waals surface area contributed by atoms with E-state index in [4.69, 9.17) is 4.42 Å². The zero-order valence-corrected chi connectivity index (χ0v) is 10.1. The van der Waals surface area contributed by atoms with Crippen LogP contribution in [0.1, 0.15) is 25.4 Å². The molecule has 0 N–H and O–H groups in total. The van der Waals surface area contributed by atoms with Gasteiger partial charge in [-0.2, -0.15) is 0 Å². The molecule has 1 unspecified atom stereocenters. The fourth-order valence-corrected chi connectivity index (χ4v) is 1.93. The SMILES string of the molecule is CCc1ccc(CSC(C)C(=O)OC)o1. The van der Waals surface area contributed by atoms with Crippen LogP contribution in [0.4, 0.5) is 0 Å². The van der Waals surface area contributed by atoms with E-state index >= 15 is 0 Å². The lowest BCUT2D eigenvalue weighted by atomic mass is 10.4. The summed E-state index contributed by atoms with van der Waals surface area (Å²) < 4.78 is 10.2. The third kappa shape index (κ3) is 3.63. The van der Waals surface area contributed by atoms with Crippen LogP contribution in [0.5, 0.6) is 0 Å². The van der Waals surface area contributed by atoms with Gasteiger partial charge >= 0.3 is 5.97 Å². The summed E-state index contributed by atoms with van der Waals surface area (Å²) in [5.41, 5.74) is 0. The first-order valence-corrected chi connectivity index (χ1v) is 5.99. The topological polar surface area (TPSA) is 39.4 Å². The van der Waals surface area contributed by atoms with Crippen molar-refractivity contribution in [2.75, 3.05) is 7.11 Å². The molecule has 0 aliphatic heterocycles. The molecule has 4 heteroatoms. The van der Waals surface area contributed by atoms with E-state index in [0.29, 0.717) is 5.75 Å². The molecule has 15 heavy (non-hydrogen) atoms. The second kappa shape index (κ2) is 5.85. The Bertz CT molecular complexity index is 319. The second-order valence-corrected chi connectivity index (χ2v) is 4.53. The number of methoxy groups -OCH3 is 1. The molecule has 3 nitrogen and oxygen atoms in total. The molecule has 1 atom stereocenters. The second-order valence-electron chi connectivity index (χ2n) is 3.20.